The predicted octanol–water partition coefficient (Wildman–Crippen LogP) is 0.358. The Morgan fingerprint density at radius 1 is 1.64 bits per heavy atom. The first kappa shape index (κ1) is 11.0. The van der Waals surface area contributed by atoms with Crippen molar-refractivity contribution < 1.29 is 4.79 Å². The molecule has 0 aromatic carbocycles. The molecule has 0 aromatic rings. The second-order valence-corrected chi connectivity index (χ2v) is 4.18. The van der Waals surface area contributed by atoms with Crippen molar-refractivity contribution in [3.05, 3.63) is 0 Å². The van der Waals surface area contributed by atoms with Crippen LogP contribution in [0.4, 0.5) is 0 Å². The van der Waals surface area contributed by atoms with E-state index in [9.17, 15) is 4.79 Å². The highest BCUT2D eigenvalue weighted by Gasteiger charge is 2.43. The number of nitrogens with one attached hydrogen (secondary N) is 1. The number of amides is 1. The van der Waals surface area contributed by atoms with Crippen LogP contribution < -0.4 is 5.32 Å². The summed E-state index contributed by atoms with van der Waals surface area (Å²) in [6.45, 7) is 1.28. The topological polar surface area (TPSA) is 56.1 Å². The summed E-state index contributed by atoms with van der Waals surface area (Å²) in [5.41, 5.74) is 0.192. The molecule has 1 N–H and O–H groups in total. The van der Waals surface area contributed by atoms with Gasteiger partial charge in [-0.15, -0.1) is 0 Å². The zero-order chi connectivity index (χ0) is 10.6. The molecule has 1 aliphatic rings. The molecule has 4 nitrogen and oxygen atoms in total. The molecular weight excluding hydrogens is 178 g/mol. The Balaban J connectivity index is 2.30. The summed E-state index contributed by atoms with van der Waals surface area (Å²) in [6, 6.07) is 2.22. The van der Waals surface area contributed by atoms with Gasteiger partial charge in [0, 0.05) is 20.0 Å². The van der Waals surface area contributed by atoms with Gasteiger partial charge < -0.3 is 5.32 Å². The minimum Gasteiger partial charge on any atom is -0.358 e. The normalized spacial score (nSPS) is 17.6. The van der Waals surface area contributed by atoms with Gasteiger partial charge in [0.05, 0.1) is 12.6 Å². The molecule has 0 aliphatic heterocycles. The summed E-state index contributed by atoms with van der Waals surface area (Å²) in [7, 11) is 3.56. The highest BCUT2D eigenvalue weighted by Crippen LogP contribution is 2.48. The smallest absolute Gasteiger partial charge is 0.233 e. The average molecular weight is 195 g/mol. The molecule has 0 heterocycles. The van der Waals surface area contributed by atoms with Gasteiger partial charge in [0.25, 0.3) is 0 Å². The standard InChI is InChI=1S/C10H17N3O/c1-12-9(14)7-13(2)8-10(3-4-10)5-6-11/h3-5,7-8H2,1-2H3,(H,12,14). The molecule has 1 rings (SSSR count). The summed E-state index contributed by atoms with van der Waals surface area (Å²) in [4.78, 5) is 13.1. The Labute approximate surface area is 84.9 Å². The molecule has 1 fully saturated rings. The third-order valence-electron chi connectivity index (χ3n) is 2.71. The molecule has 1 aliphatic carbocycles. The quantitative estimate of drug-likeness (QED) is 0.689. The number of rotatable bonds is 5. The largest absolute Gasteiger partial charge is 0.358 e. The molecule has 0 aromatic heterocycles. The molecule has 0 saturated heterocycles. The summed E-state index contributed by atoms with van der Waals surface area (Å²) >= 11 is 0. The number of nitriles is 1. The van der Waals surface area contributed by atoms with Crippen molar-refractivity contribution in [2.24, 2.45) is 5.41 Å². The first-order chi connectivity index (χ1) is 6.62. The van der Waals surface area contributed by atoms with Gasteiger partial charge in [-0.1, -0.05) is 0 Å². The van der Waals surface area contributed by atoms with Crippen LogP contribution in [0.3, 0.4) is 0 Å². The first-order valence-corrected chi connectivity index (χ1v) is 4.88. The number of hydrogen-bond donors (Lipinski definition) is 1. The molecule has 1 saturated carbocycles. The minimum atomic E-state index is 0.0280. The second-order valence-electron chi connectivity index (χ2n) is 4.18. The van der Waals surface area contributed by atoms with E-state index < -0.39 is 0 Å². The summed E-state index contributed by atoms with van der Waals surface area (Å²) < 4.78 is 0. The van der Waals surface area contributed by atoms with Crippen LogP contribution in [0.15, 0.2) is 0 Å². The van der Waals surface area contributed by atoms with E-state index in [1.807, 2.05) is 11.9 Å². The Morgan fingerprint density at radius 2 is 2.29 bits per heavy atom. The van der Waals surface area contributed by atoms with Crippen molar-refractivity contribution in [3.63, 3.8) is 0 Å². The Hall–Kier alpha value is -1.08. The fourth-order valence-corrected chi connectivity index (χ4v) is 1.69. The summed E-state index contributed by atoms with van der Waals surface area (Å²) in [6.07, 6.45) is 2.86. The third-order valence-corrected chi connectivity index (χ3v) is 2.71. The van der Waals surface area contributed by atoms with Crippen LogP contribution in [0.1, 0.15) is 19.3 Å². The molecule has 0 unspecified atom stereocenters. The first-order valence-electron chi connectivity index (χ1n) is 4.88. The maximum absolute atomic E-state index is 11.1. The Bertz CT molecular complexity index is 253. The maximum atomic E-state index is 11.1. The van der Waals surface area contributed by atoms with Gasteiger partial charge in [0.15, 0.2) is 0 Å². The van der Waals surface area contributed by atoms with Gasteiger partial charge in [-0.05, 0) is 25.3 Å². The highest BCUT2D eigenvalue weighted by atomic mass is 16.1. The van der Waals surface area contributed by atoms with E-state index in [-0.39, 0.29) is 11.3 Å². The second kappa shape index (κ2) is 4.43. The van der Waals surface area contributed by atoms with E-state index in [2.05, 4.69) is 11.4 Å². The van der Waals surface area contributed by atoms with Crippen LogP contribution in [0.25, 0.3) is 0 Å². The fourth-order valence-electron chi connectivity index (χ4n) is 1.69. The van der Waals surface area contributed by atoms with Crippen molar-refractivity contribution in [2.45, 2.75) is 19.3 Å². The van der Waals surface area contributed by atoms with Gasteiger partial charge >= 0.3 is 0 Å². The predicted molar refractivity (Wildman–Crippen MR) is 53.5 cm³/mol. The van der Waals surface area contributed by atoms with Gasteiger partial charge in [-0.25, -0.2) is 0 Å². The van der Waals surface area contributed by atoms with Crippen LogP contribution in [-0.4, -0.2) is 38.0 Å². The molecule has 4 heteroatoms. The van der Waals surface area contributed by atoms with Crippen molar-refractivity contribution >= 4 is 5.91 Å². The van der Waals surface area contributed by atoms with Gasteiger partial charge in [0.1, 0.15) is 0 Å². The Kier molecular flexibility index (Phi) is 3.48. The number of nitrogens with zero attached hydrogens (tertiary/aromatic N) is 2. The lowest BCUT2D eigenvalue weighted by Crippen LogP contribution is -2.36. The molecule has 1 amide bonds. The maximum Gasteiger partial charge on any atom is 0.233 e. The van der Waals surface area contributed by atoms with Crippen molar-refractivity contribution in [2.75, 3.05) is 27.2 Å². The number of carbonyl (C=O) groups excluding carboxylic acids is 1. The number of carbonyl (C=O) groups is 1. The zero-order valence-electron chi connectivity index (χ0n) is 8.84. The third kappa shape index (κ3) is 3.00. The van der Waals surface area contributed by atoms with Gasteiger partial charge in [-0.2, -0.15) is 5.26 Å². The lowest BCUT2D eigenvalue weighted by molar-refractivity contribution is -0.121. The number of hydrogen-bond acceptors (Lipinski definition) is 3. The lowest BCUT2D eigenvalue weighted by atomic mass is 10.0. The number of likely N-dealkylation sites (N-methyl/N-ethyl adjacent to an activating group) is 2. The fraction of sp³-hybridized carbons (Fsp3) is 0.800. The van der Waals surface area contributed by atoms with E-state index in [4.69, 9.17) is 5.26 Å². The van der Waals surface area contributed by atoms with Gasteiger partial charge in [-0.3, -0.25) is 9.69 Å². The van der Waals surface area contributed by atoms with Gasteiger partial charge in [0.2, 0.25) is 5.91 Å². The van der Waals surface area contributed by atoms with E-state index >= 15 is 0 Å². The lowest BCUT2D eigenvalue weighted by Gasteiger charge is -2.20. The molecule has 78 valence electrons. The van der Waals surface area contributed by atoms with Crippen molar-refractivity contribution in [1.82, 2.24) is 10.2 Å². The molecule has 0 spiro atoms. The molecule has 0 radical (unpaired) electrons. The zero-order valence-corrected chi connectivity index (χ0v) is 8.84. The molecule has 0 bridgehead atoms. The minimum absolute atomic E-state index is 0.0280. The Morgan fingerprint density at radius 3 is 2.71 bits per heavy atom. The van der Waals surface area contributed by atoms with Crippen LogP contribution >= 0.6 is 0 Å². The molecule has 0 atom stereocenters. The van der Waals surface area contributed by atoms with E-state index in [1.54, 1.807) is 7.05 Å². The summed E-state index contributed by atoms with van der Waals surface area (Å²) in [5.74, 6) is 0.0280. The monoisotopic (exact) mass is 195 g/mol. The van der Waals surface area contributed by atoms with Crippen LogP contribution in [0, 0.1) is 16.7 Å². The molecular formula is C10H17N3O. The highest BCUT2D eigenvalue weighted by molar-refractivity contribution is 5.77. The van der Waals surface area contributed by atoms with Crippen molar-refractivity contribution in [1.29, 1.82) is 5.26 Å². The van der Waals surface area contributed by atoms with Crippen molar-refractivity contribution in [3.8, 4) is 6.07 Å². The van der Waals surface area contributed by atoms with E-state index in [0.717, 1.165) is 19.4 Å². The van der Waals surface area contributed by atoms with Crippen LogP contribution in [-0.2, 0) is 4.79 Å². The summed E-state index contributed by atoms with van der Waals surface area (Å²) in [5, 5.41) is 11.2. The van der Waals surface area contributed by atoms with Crippen LogP contribution in [0.5, 0.6) is 0 Å². The molecule has 14 heavy (non-hydrogen) atoms. The van der Waals surface area contributed by atoms with E-state index in [1.165, 1.54) is 0 Å². The SMILES string of the molecule is CNC(=O)CN(C)CC1(CC#N)CC1. The van der Waals surface area contributed by atoms with Crippen LogP contribution in [0.2, 0.25) is 0 Å². The van der Waals surface area contributed by atoms with E-state index in [0.29, 0.717) is 13.0 Å². The average Bonchev–Trinajstić information content (AvgIpc) is 2.85.